The number of amides is 4. The molecule has 3 rings (SSSR count). The number of nitrogens with zero attached hydrogens (tertiary/aromatic N) is 1. The molecule has 23 heavy (non-hydrogen) atoms. The van der Waals surface area contributed by atoms with Gasteiger partial charge in [0.1, 0.15) is 12.1 Å². The molecule has 0 radical (unpaired) electrons. The highest BCUT2D eigenvalue weighted by molar-refractivity contribution is 6.30. The van der Waals surface area contributed by atoms with Gasteiger partial charge in [0.05, 0.1) is 0 Å². The molecule has 2 N–H and O–H groups in total. The maximum atomic E-state index is 12.6. The molecule has 1 unspecified atom stereocenters. The number of hydrogen-bond donors (Lipinski definition) is 2. The third-order valence-electron chi connectivity index (χ3n) is 4.28. The van der Waals surface area contributed by atoms with Crippen LogP contribution in [0.4, 0.5) is 4.79 Å². The summed E-state index contributed by atoms with van der Waals surface area (Å²) < 4.78 is 0. The van der Waals surface area contributed by atoms with Gasteiger partial charge in [-0.25, -0.2) is 4.79 Å². The van der Waals surface area contributed by atoms with Crippen LogP contribution in [0.25, 0.3) is 0 Å². The number of carbonyl (C=O) groups excluding carboxylic acids is 3. The van der Waals surface area contributed by atoms with Crippen LogP contribution in [-0.2, 0) is 15.1 Å². The van der Waals surface area contributed by atoms with Crippen LogP contribution in [0.5, 0.6) is 0 Å². The summed E-state index contributed by atoms with van der Waals surface area (Å²) in [5, 5.41) is 5.97. The average Bonchev–Trinajstić information content (AvgIpc) is 3.31. The molecule has 1 saturated heterocycles. The highest BCUT2D eigenvalue weighted by atomic mass is 35.5. The monoisotopic (exact) mass is 335 g/mol. The van der Waals surface area contributed by atoms with Crippen molar-refractivity contribution < 1.29 is 14.4 Å². The Morgan fingerprint density at radius 3 is 2.61 bits per heavy atom. The summed E-state index contributed by atoms with van der Waals surface area (Å²) in [4.78, 5) is 37.6. The van der Waals surface area contributed by atoms with E-state index in [1.165, 1.54) is 0 Å². The first kappa shape index (κ1) is 15.8. The average molecular weight is 336 g/mol. The Kier molecular flexibility index (Phi) is 4.02. The van der Waals surface area contributed by atoms with Gasteiger partial charge in [-0.3, -0.25) is 14.5 Å². The van der Waals surface area contributed by atoms with Gasteiger partial charge in [-0.15, -0.1) is 0 Å². The van der Waals surface area contributed by atoms with E-state index in [0.717, 1.165) is 17.7 Å². The number of benzene rings is 1. The second-order valence-corrected chi connectivity index (χ2v) is 6.64. The predicted molar refractivity (Wildman–Crippen MR) is 84.8 cm³/mol. The van der Waals surface area contributed by atoms with Crippen LogP contribution in [0.3, 0.4) is 0 Å². The number of halogens is 1. The summed E-state index contributed by atoms with van der Waals surface area (Å²) >= 11 is 5.86. The SMILES string of the molecule is CC1(c2ccc(Cl)cc2)NC(=O)N(CC(=O)NCC2CC2)C1=O. The Hall–Kier alpha value is -2.08. The number of imide groups is 1. The van der Waals surface area contributed by atoms with Crippen LogP contribution >= 0.6 is 11.6 Å². The molecule has 2 aliphatic rings. The summed E-state index contributed by atoms with van der Waals surface area (Å²) in [5.74, 6) is -0.214. The Balaban J connectivity index is 1.70. The maximum Gasteiger partial charge on any atom is 0.325 e. The van der Waals surface area contributed by atoms with Gasteiger partial charge >= 0.3 is 6.03 Å². The van der Waals surface area contributed by atoms with Gasteiger partial charge in [-0.05, 0) is 43.4 Å². The minimum absolute atomic E-state index is 0.263. The van der Waals surface area contributed by atoms with E-state index in [-0.39, 0.29) is 12.5 Å². The summed E-state index contributed by atoms with van der Waals surface area (Å²) in [5.41, 5.74) is -0.556. The molecular formula is C16H18ClN3O3. The number of carbonyl (C=O) groups is 3. The smallest absolute Gasteiger partial charge is 0.325 e. The molecule has 4 amide bonds. The molecule has 1 saturated carbocycles. The molecule has 1 aromatic rings. The summed E-state index contributed by atoms with van der Waals surface area (Å²) in [6.45, 7) is 1.97. The summed E-state index contributed by atoms with van der Waals surface area (Å²) in [6.07, 6.45) is 2.25. The molecular weight excluding hydrogens is 318 g/mol. The first-order valence-corrected chi connectivity index (χ1v) is 7.95. The van der Waals surface area contributed by atoms with Crippen molar-refractivity contribution >= 4 is 29.4 Å². The minimum atomic E-state index is -1.18. The van der Waals surface area contributed by atoms with Crippen molar-refractivity contribution in [1.29, 1.82) is 0 Å². The van der Waals surface area contributed by atoms with Gasteiger partial charge in [0.15, 0.2) is 0 Å². The van der Waals surface area contributed by atoms with E-state index in [0.29, 0.717) is 23.0 Å². The van der Waals surface area contributed by atoms with E-state index in [1.807, 2.05) is 0 Å². The van der Waals surface area contributed by atoms with Crippen molar-refractivity contribution in [1.82, 2.24) is 15.5 Å². The van der Waals surface area contributed by atoms with E-state index in [4.69, 9.17) is 11.6 Å². The van der Waals surface area contributed by atoms with Crippen LogP contribution in [-0.4, -0.2) is 35.8 Å². The highest BCUT2D eigenvalue weighted by Gasteiger charge is 2.49. The predicted octanol–water partition coefficient (Wildman–Crippen LogP) is 1.63. The molecule has 1 aliphatic carbocycles. The van der Waals surface area contributed by atoms with Crippen LogP contribution in [0.15, 0.2) is 24.3 Å². The van der Waals surface area contributed by atoms with Gasteiger partial charge in [-0.2, -0.15) is 0 Å². The topological polar surface area (TPSA) is 78.5 Å². The number of nitrogens with one attached hydrogen (secondary N) is 2. The fourth-order valence-corrected chi connectivity index (χ4v) is 2.73. The second-order valence-electron chi connectivity index (χ2n) is 6.20. The molecule has 6 nitrogen and oxygen atoms in total. The molecule has 0 aromatic heterocycles. The van der Waals surface area contributed by atoms with Gasteiger partial charge in [0, 0.05) is 11.6 Å². The van der Waals surface area contributed by atoms with E-state index in [2.05, 4.69) is 10.6 Å². The van der Waals surface area contributed by atoms with Gasteiger partial charge in [-0.1, -0.05) is 23.7 Å². The Labute approximate surface area is 139 Å². The highest BCUT2D eigenvalue weighted by Crippen LogP contribution is 2.30. The Bertz CT molecular complexity index is 657. The third-order valence-corrected chi connectivity index (χ3v) is 4.54. The Morgan fingerprint density at radius 2 is 2.00 bits per heavy atom. The van der Waals surface area contributed by atoms with E-state index >= 15 is 0 Å². The zero-order valence-electron chi connectivity index (χ0n) is 12.8. The van der Waals surface area contributed by atoms with E-state index < -0.39 is 17.5 Å². The molecule has 1 aliphatic heterocycles. The summed E-state index contributed by atoms with van der Waals surface area (Å²) in [7, 11) is 0. The van der Waals surface area contributed by atoms with E-state index in [1.54, 1.807) is 31.2 Å². The van der Waals surface area contributed by atoms with E-state index in [9.17, 15) is 14.4 Å². The minimum Gasteiger partial charge on any atom is -0.354 e. The van der Waals surface area contributed by atoms with Crippen LogP contribution in [0.2, 0.25) is 5.02 Å². The largest absolute Gasteiger partial charge is 0.354 e. The molecule has 1 atom stereocenters. The maximum absolute atomic E-state index is 12.6. The zero-order chi connectivity index (χ0) is 16.6. The lowest BCUT2D eigenvalue weighted by molar-refractivity contribution is -0.134. The number of urea groups is 1. The fourth-order valence-electron chi connectivity index (χ4n) is 2.60. The molecule has 122 valence electrons. The molecule has 2 fully saturated rings. The first-order valence-electron chi connectivity index (χ1n) is 7.57. The van der Waals surface area contributed by atoms with Gasteiger partial charge in [0.25, 0.3) is 5.91 Å². The molecule has 0 spiro atoms. The summed E-state index contributed by atoms with van der Waals surface area (Å²) in [6, 6.07) is 6.14. The van der Waals surface area contributed by atoms with Crippen molar-refractivity contribution in [2.24, 2.45) is 5.92 Å². The standard InChI is InChI=1S/C16H18ClN3O3/c1-16(11-4-6-12(17)7-5-11)14(22)20(15(23)19-16)9-13(21)18-8-10-2-3-10/h4-7,10H,2-3,8-9H2,1H3,(H,18,21)(H,19,23). The van der Waals surface area contributed by atoms with Crippen molar-refractivity contribution in [3.05, 3.63) is 34.9 Å². The quantitative estimate of drug-likeness (QED) is 0.803. The number of rotatable bonds is 5. The molecule has 1 heterocycles. The lowest BCUT2D eigenvalue weighted by Gasteiger charge is -2.22. The second kappa shape index (κ2) is 5.85. The lowest BCUT2D eigenvalue weighted by atomic mass is 9.92. The van der Waals surface area contributed by atoms with Crippen molar-refractivity contribution in [3.63, 3.8) is 0 Å². The Morgan fingerprint density at radius 1 is 1.35 bits per heavy atom. The lowest BCUT2D eigenvalue weighted by Crippen LogP contribution is -2.43. The van der Waals surface area contributed by atoms with Crippen LogP contribution in [0.1, 0.15) is 25.3 Å². The molecule has 7 heteroatoms. The number of hydrogen-bond acceptors (Lipinski definition) is 3. The van der Waals surface area contributed by atoms with Crippen LogP contribution in [0, 0.1) is 5.92 Å². The molecule has 0 bridgehead atoms. The van der Waals surface area contributed by atoms with Crippen molar-refractivity contribution in [3.8, 4) is 0 Å². The third kappa shape index (κ3) is 3.17. The first-order chi connectivity index (χ1) is 10.9. The fraction of sp³-hybridized carbons (Fsp3) is 0.438. The van der Waals surface area contributed by atoms with Crippen molar-refractivity contribution in [2.75, 3.05) is 13.1 Å². The van der Waals surface area contributed by atoms with Crippen molar-refractivity contribution in [2.45, 2.75) is 25.3 Å². The molecule has 1 aromatic carbocycles. The zero-order valence-corrected chi connectivity index (χ0v) is 13.5. The van der Waals surface area contributed by atoms with Gasteiger partial charge in [0.2, 0.25) is 5.91 Å². The van der Waals surface area contributed by atoms with Crippen LogP contribution < -0.4 is 10.6 Å². The normalized spacial score (nSPS) is 23.8. The van der Waals surface area contributed by atoms with Gasteiger partial charge < -0.3 is 10.6 Å².